The second kappa shape index (κ2) is 6.70. The van der Waals surface area contributed by atoms with E-state index in [1.54, 1.807) is 17.0 Å². The summed E-state index contributed by atoms with van der Waals surface area (Å²) in [6.07, 6.45) is 6.61. The summed E-state index contributed by atoms with van der Waals surface area (Å²) in [5, 5.41) is 1.10. The van der Waals surface area contributed by atoms with Gasteiger partial charge in [-0.25, -0.2) is 4.98 Å². The molecule has 0 amide bonds. The molecule has 5 heteroatoms. The van der Waals surface area contributed by atoms with Gasteiger partial charge in [-0.2, -0.15) is 0 Å². The highest BCUT2D eigenvalue weighted by Crippen LogP contribution is 2.24. The zero-order valence-electron chi connectivity index (χ0n) is 15.0. The van der Waals surface area contributed by atoms with Crippen molar-refractivity contribution < 1.29 is 0 Å². The lowest BCUT2D eigenvalue weighted by atomic mass is 10.0. The maximum absolute atomic E-state index is 12.4. The highest BCUT2D eigenvalue weighted by Gasteiger charge is 2.07. The van der Waals surface area contributed by atoms with Crippen LogP contribution < -0.4 is 5.56 Å². The van der Waals surface area contributed by atoms with E-state index in [4.69, 9.17) is 0 Å². The third-order valence-corrected chi connectivity index (χ3v) is 4.84. The van der Waals surface area contributed by atoms with Gasteiger partial charge in [0.2, 0.25) is 0 Å². The van der Waals surface area contributed by atoms with Crippen LogP contribution in [0.5, 0.6) is 0 Å². The fourth-order valence-electron chi connectivity index (χ4n) is 3.43. The summed E-state index contributed by atoms with van der Waals surface area (Å²) in [5.74, 6) is 0. The highest BCUT2D eigenvalue weighted by molar-refractivity contribution is 5.83. The van der Waals surface area contributed by atoms with Crippen LogP contribution in [0.25, 0.3) is 33.1 Å². The molecule has 28 heavy (non-hydrogen) atoms. The van der Waals surface area contributed by atoms with Gasteiger partial charge in [-0.05, 0) is 35.4 Å². The lowest BCUT2D eigenvalue weighted by Gasteiger charge is -2.11. The summed E-state index contributed by atoms with van der Waals surface area (Å²) >= 11 is 0. The molecule has 0 bridgehead atoms. The minimum absolute atomic E-state index is 0.140. The van der Waals surface area contributed by atoms with Crippen LogP contribution in [-0.2, 0) is 6.54 Å². The van der Waals surface area contributed by atoms with Crippen LogP contribution in [0.2, 0.25) is 0 Å². The zero-order valence-corrected chi connectivity index (χ0v) is 15.0. The SMILES string of the molecule is O=c1cnc2ccncc2n1Cc1cccc(-c2cnc3ccccc3c2)c1. The lowest BCUT2D eigenvalue weighted by molar-refractivity contribution is 0.785. The van der Waals surface area contributed by atoms with Gasteiger partial charge in [0.05, 0.1) is 35.5 Å². The first-order valence-corrected chi connectivity index (χ1v) is 9.02. The van der Waals surface area contributed by atoms with Crippen molar-refractivity contribution >= 4 is 21.9 Å². The molecule has 0 N–H and O–H groups in total. The van der Waals surface area contributed by atoms with Gasteiger partial charge in [0.15, 0.2) is 0 Å². The standard InChI is InChI=1S/C23H16N4O/c28-23-14-26-21-8-9-24-13-22(21)27(23)15-16-4-3-6-17(10-16)19-11-18-5-1-2-7-20(18)25-12-19/h1-14H,15H2. The molecule has 2 aromatic carbocycles. The van der Waals surface area contributed by atoms with Gasteiger partial charge >= 0.3 is 0 Å². The normalized spacial score (nSPS) is 11.1. The first-order chi connectivity index (χ1) is 13.8. The fourth-order valence-corrected chi connectivity index (χ4v) is 3.43. The van der Waals surface area contributed by atoms with E-state index in [-0.39, 0.29) is 5.56 Å². The number of hydrogen-bond donors (Lipinski definition) is 0. The van der Waals surface area contributed by atoms with Crippen molar-refractivity contribution in [2.45, 2.75) is 6.54 Å². The molecule has 5 nitrogen and oxygen atoms in total. The highest BCUT2D eigenvalue weighted by atomic mass is 16.1. The quantitative estimate of drug-likeness (QED) is 0.484. The predicted molar refractivity (Wildman–Crippen MR) is 110 cm³/mol. The average Bonchev–Trinajstić information content (AvgIpc) is 2.76. The molecule has 3 heterocycles. The molecule has 0 aliphatic heterocycles. The summed E-state index contributed by atoms with van der Waals surface area (Å²) in [7, 11) is 0. The Balaban J connectivity index is 1.56. The number of para-hydroxylation sites is 1. The Labute approximate surface area is 161 Å². The molecule has 134 valence electrons. The van der Waals surface area contributed by atoms with Crippen molar-refractivity contribution in [3.8, 4) is 11.1 Å². The molecule has 5 rings (SSSR count). The van der Waals surface area contributed by atoms with Gasteiger partial charge in [-0.1, -0.05) is 36.4 Å². The average molecular weight is 364 g/mol. The monoisotopic (exact) mass is 364 g/mol. The first kappa shape index (κ1) is 16.3. The number of rotatable bonds is 3. The first-order valence-electron chi connectivity index (χ1n) is 9.02. The molecule has 3 aromatic heterocycles. The molecule has 0 unspecified atom stereocenters. The Morgan fingerprint density at radius 3 is 2.64 bits per heavy atom. The van der Waals surface area contributed by atoms with E-state index in [1.165, 1.54) is 6.20 Å². The van der Waals surface area contributed by atoms with Crippen LogP contribution in [0.15, 0.2) is 90.2 Å². The molecule has 0 aliphatic rings. The molecule has 0 aliphatic carbocycles. The molecular weight excluding hydrogens is 348 g/mol. The van der Waals surface area contributed by atoms with Gasteiger partial charge < -0.3 is 0 Å². The van der Waals surface area contributed by atoms with Crippen molar-refractivity contribution in [2.75, 3.05) is 0 Å². The number of fused-ring (bicyclic) bond motifs is 2. The fraction of sp³-hybridized carbons (Fsp3) is 0.0435. The third-order valence-electron chi connectivity index (χ3n) is 4.84. The van der Waals surface area contributed by atoms with E-state index in [0.29, 0.717) is 6.54 Å². The van der Waals surface area contributed by atoms with Gasteiger partial charge in [0.25, 0.3) is 5.56 Å². The molecule has 0 spiro atoms. The number of benzene rings is 2. The van der Waals surface area contributed by atoms with Gasteiger partial charge in [0.1, 0.15) is 0 Å². The number of nitrogens with zero attached hydrogens (tertiary/aromatic N) is 4. The van der Waals surface area contributed by atoms with Crippen LogP contribution in [-0.4, -0.2) is 19.5 Å². The number of pyridine rings is 2. The minimum Gasteiger partial charge on any atom is -0.300 e. The van der Waals surface area contributed by atoms with Crippen molar-refractivity contribution in [1.82, 2.24) is 19.5 Å². The molecule has 5 aromatic rings. The molecular formula is C23H16N4O. The minimum atomic E-state index is -0.140. The van der Waals surface area contributed by atoms with E-state index in [0.717, 1.165) is 38.6 Å². The summed E-state index contributed by atoms with van der Waals surface area (Å²) < 4.78 is 1.70. The third kappa shape index (κ3) is 2.93. The number of hydrogen-bond acceptors (Lipinski definition) is 4. The Morgan fingerprint density at radius 2 is 1.68 bits per heavy atom. The molecule has 0 radical (unpaired) electrons. The predicted octanol–water partition coefficient (Wildman–Crippen LogP) is 4.06. The lowest BCUT2D eigenvalue weighted by Crippen LogP contribution is -2.21. The topological polar surface area (TPSA) is 60.7 Å². The van der Waals surface area contributed by atoms with E-state index in [9.17, 15) is 4.79 Å². The summed E-state index contributed by atoms with van der Waals surface area (Å²) in [6, 6.07) is 20.2. The Kier molecular flexibility index (Phi) is 3.91. The van der Waals surface area contributed by atoms with Gasteiger partial charge in [-0.3, -0.25) is 19.3 Å². The number of aromatic nitrogens is 4. The Morgan fingerprint density at radius 1 is 0.786 bits per heavy atom. The van der Waals surface area contributed by atoms with E-state index in [2.05, 4.69) is 39.2 Å². The van der Waals surface area contributed by atoms with Gasteiger partial charge in [-0.15, -0.1) is 0 Å². The van der Waals surface area contributed by atoms with Crippen LogP contribution in [0.3, 0.4) is 0 Å². The summed E-state index contributed by atoms with van der Waals surface area (Å²) in [6.45, 7) is 0.457. The molecule has 0 saturated carbocycles. The molecule has 0 saturated heterocycles. The van der Waals surface area contributed by atoms with Gasteiger partial charge in [0, 0.05) is 23.3 Å². The maximum atomic E-state index is 12.4. The second-order valence-corrected chi connectivity index (χ2v) is 6.66. The Hall–Kier alpha value is -3.86. The zero-order chi connectivity index (χ0) is 18.9. The largest absolute Gasteiger partial charge is 0.300 e. The van der Waals surface area contributed by atoms with Crippen molar-refractivity contribution in [2.24, 2.45) is 0 Å². The molecule has 0 atom stereocenters. The Bertz CT molecular complexity index is 1370. The van der Waals surface area contributed by atoms with Crippen LogP contribution in [0.1, 0.15) is 5.56 Å². The van der Waals surface area contributed by atoms with Crippen LogP contribution in [0.4, 0.5) is 0 Å². The summed E-state index contributed by atoms with van der Waals surface area (Å²) in [4.78, 5) is 25.3. The van der Waals surface area contributed by atoms with Crippen molar-refractivity contribution in [3.63, 3.8) is 0 Å². The van der Waals surface area contributed by atoms with Crippen molar-refractivity contribution in [1.29, 1.82) is 0 Å². The smallest absolute Gasteiger partial charge is 0.269 e. The molecule has 0 fully saturated rings. The van der Waals surface area contributed by atoms with Crippen LogP contribution in [0, 0.1) is 0 Å². The van der Waals surface area contributed by atoms with E-state index >= 15 is 0 Å². The van der Waals surface area contributed by atoms with E-state index < -0.39 is 0 Å². The maximum Gasteiger partial charge on any atom is 0.269 e. The van der Waals surface area contributed by atoms with Crippen molar-refractivity contribution in [3.05, 3.63) is 101 Å². The summed E-state index contributed by atoms with van der Waals surface area (Å²) in [5.41, 5.74) is 5.47. The second-order valence-electron chi connectivity index (χ2n) is 6.66. The van der Waals surface area contributed by atoms with Crippen LogP contribution >= 0.6 is 0 Å². The van der Waals surface area contributed by atoms with E-state index in [1.807, 2.05) is 42.6 Å².